The van der Waals surface area contributed by atoms with Crippen molar-refractivity contribution in [2.45, 2.75) is 18.7 Å². The van der Waals surface area contributed by atoms with Gasteiger partial charge < -0.3 is 5.73 Å². The van der Waals surface area contributed by atoms with E-state index in [0.717, 1.165) is 5.56 Å². The zero-order chi connectivity index (χ0) is 14.0. The van der Waals surface area contributed by atoms with Crippen molar-refractivity contribution in [3.05, 3.63) is 53.6 Å². The molecular weight excluding hydrogens is 260 g/mol. The summed E-state index contributed by atoms with van der Waals surface area (Å²) in [5.41, 5.74) is 8.35. The molecule has 100 valence electrons. The van der Waals surface area contributed by atoms with Gasteiger partial charge in [-0.1, -0.05) is 12.1 Å². The van der Waals surface area contributed by atoms with Crippen molar-refractivity contribution >= 4 is 21.4 Å². The van der Waals surface area contributed by atoms with Gasteiger partial charge >= 0.3 is 0 Å². The molecule has 2 aromatic rings. The molecule has 4 nitrogen and oxygen atoms in total. The first-order valence-corrected chi connectivity index (χ1v) is 7.32. The molecule has 19 heavy (non-hydrogen) atoms. The fourth-order valence-corrected chi connectivity index (χ4v) is 3.17. The first-order chi connectivity index (χ1) is 8.88. The van der Waals surface area contributed by atoms with E-state index in [0.29, 0.717) is 16.9 Å². The van der Waals surface area contributed by atoms with Crippen molar-refractivity contribution in [1.82, 2.24) is 0 Å². The minimum atomic E-state index is -3.58. The van der Waals surface area contributed by atoms with E-state index in [1.165, 1.54) is 6.07 Å². The molecule has 0 spiro atoms. The van der Waals surface area contributed by atoms with Crippen molar-refractivity contribution in [2.24, 2.45) is 0 Å². The van der Waals surface area contributed by atoms with Crippen molar-refractivity contribution in [1.29, 1.82) is 0 Å². The van der Waals surface area contributed by atoms with Crippen LogP contribution in [-0.4, -0.2) is 8.42 Å². The summed E-state index contributed by atoms with van der Waals surface area (Å²) in [5.74, 6) is 0. The highest BCUT2D eigenvalue weighted by Gasteiger charge is 2.16. The maximum Gasteiger partial charge on any atom is 0.262 e. The largest absolute Gasteiger partial charge is 0.399 e. The van der Waals surface area contributed by atoms with Gasteiger partial charge in [-0.15, -0.1) is 0 Å². The molecule has 0 amide bonds. The van der Waals surface area contributed by atoms with Crippen LogP contribution in [-0.2, 0) is 10.0 Å². The van der Waals surface area contributed by atoms with Gasteiger partial charge in [0.2, 0.25) is 0 Å². The Hall–Kier alpha value is -2.01. The minimum absolute atomic E-state index is 0.239. The van der Waals surface area contributed by atoms with Crippen LogP contribution in [0.4, 0.5) is 11.4 Å². The van der Waals surface area contributed by atoms with Gasteiger partial charge in [-0.3, -0.25) is 4.72 Å². The molecule has 5 heteroatoms. The number of hydrogen-bond donors (Lipinski definition) is 2. The number of aryl methyl sites for hydroxylation is 2. The second kappa shape index (κ2) is 4.93. The number of nitrogens with one attached hydrogen (secondary N) is 1. The second-order valence-electron chi connectivity index (χ2n) is 4.50. The number of hydrogen-bond acceptors (Lipinski definition) is 3. The van der Waals surface area contributed by atoms with E-state index in [2.05, 4.69) is 4.72 Å². The number of benzene rings is 2. The van der Waals surface area contributed by atoms with Gasteiger partial charge in [0.25, 0.3) is 10.0 Å². The molecule has 2 rings (SSSR count). The average Bonchev–Trinajstić information content (AvgIpc) is 2.27. The molecule has 0 aliphatic carbocycles. The lowest BCUT2D eigenvalue weighted by atomic mass is 10.2. The van der Waals surface area contributed by atoms with E-state index in [1.807, 2.05) is 19.1 Å². The third kappa shape index (κ3) is 3.06. The van der Waals surface area contributed by atoms with Crippen LogP contribution < -0.4 is 10.5 Å². The molecule has 0 unspecified atom stereocenters. The molecule has 3 N–H and O–H groups in total. The zero-order valence-electron chi connectivity index (χ0n) is 10.8. The van der Waals surface area contributed by atoms with Gasteiger partial charge in [0, 0.05) is 11.4 Å². The third-order valence-electron chi connectivity index (χ3n) is 2.76. The molecule has 0 aliphatic heterocycles. The third-order valence-corrected chi connectivity index (χ3v) is 4.30. The Morgan fingerprint density at radius 1 is 1.05 bits per heavy atom. The Morgan fingerprint density at radius 2 is 1.79 bits per heavy atom. The molecule has 0 heterocycles. The maximum absolute atomic E-state index is 12.3. The van der Waals surface area contributed by atoms with E-state index in [4.69, 9.17) is 5.73 Å². The van der Waals surface area contributed by atoms with Gasteiger partial charge in [-0.2, -0.15) is 0 Å². The number of anilines is 2. The number of nitrogens with two attached hydrogens (primary N) is 1. The molecular formula is C14H16N2O2S. The predicted octanol–water partition coefficient (Wildman–Crippen LogP) is 2.69. The first-order valence-electron chi connectivity index (χ1n) is 5.84. The second-order valence-corrected chi connectivity index (χ2v) is 6.15. The zero-order valence-corrected chi connectivity index (χ0v) is 11.7. The Morgan fingerprint density at radius 3 is 2.42 bits per heavy atom. The van der Waals surface area contributed by atoms with Crippen LogP contribution in [0.3, 0.4) is 0 Å². The van der Waals surface area contributed by atoms with Crippen molar-refractivity contribution < 1.29 is 8.42 Å². The Kier molecular flexibility index (Phi) is 3.48. The molecule has 0 aromatic heterocycles. The van der Waals surface area contributed by atoms with Crippen LogP contribution in [0.2, 0.25) is 0 Å². The highest BCUT2D eigenvalue weighted by Crippen LogP contribution is 2.21. The van der Waals surface area contributed by atoms with Gasteiger partial charge in [0.1, 0.15) is 0 Å². The fraction of sp³-hybridized carbons (Fsp3) is 0.143. The summed E-state index contributed by atoms with van der Waals surface area (Å²) in [5, 5.41) is 0. The molecule has 0 aliphatic rings. The van der Waals surface area contributed by atoms with E-state index in [1.54, 1.807) is 31.2 Å². The van der Waals surface area contributed by atoms with Gasteiger partial charge in [0.05, 0.1) is 4.90 Å². The predicted molar refractivity (Wildman–Crippen MR) is 77.6 cm³/mol. The smallest absolute Gasteiger partial charge is 0.262 e. The van der Waals surface area contributed by atoms with Gasteiger partial charge in [-0.25, -0.2) is 8.42 Å². The van der Waals surface area contributed by atoms with E-state index >= 15 is 0 Å². The molecule has 2 aromatic carbocycles. The summed E-state index contributed by atoms with van der Waals surface area (Å²) in [6.07, 6.45) is 0. The summed E-state index contributed by atoms with van der Waals surface area (Å²) in [6.45, 7) is 3.63. The lowest BCUT2D eigenvalue weighted by molar-refractivity contribution is 0.600. The Bertz CT molecular complexity index is 709. The van der Waals surface area contributed by atoms with Crippen molar-refractivity contribution in [3.63, 3.8) is 0 Å². The summed E-state index contributed by atoms with van der Waals surface area (Å²) >= 11 is 0. The van der Waals surface area contributed by atoms with Crippen LogP contribution in [0.15, 0.2) is 47.4 Å². The summed E-state index contributed by atoms with van der Waals surface area (Å²) in [4.78, 5) is 0.239. The highest BCUT2D eigenvalue weighted by molar-refractivity contribution is 7.92. The molecule has 0 fully saturated rings. The molecule has 0 saturated carbocycles. The molecule has 0 bridgehead atoms. The van der Waals surface area contributed by atoms with Crippen LogP contribution in [0.5, 0.6) is 0 Å². The van der Waals surface area contributed by atoms with Crippen LogP contribution in [0, 0.1) is 13.8 Å². The van der Waals surface area contributed by atoms with E-state index < -0.39 is 10.0 Å². The standard InChI is InChI=1S/C14H16N2O2S/c1-10-4-3-5-13(8-10)16-19(17,18)14-7-6-12(15)9-11(14)2/h3-9,16H,15H2,1-2H3. The molecule has 0 atom stereocenters. The summed E-state index contributed by atoms with van der Waals surface area (Å²) in [6, 6.07) is 12.0. The van der Waals surface area contributed by atoms with Crippen LogP contribution in [0.25, 0.3) is 0 Å². The Labute approximate surface area is 113 Å². The monoisotopic (exact) mass is 276 g/mol. The van der Waals surface area contributed by atoms with Crippen molar-refractivity contribution in [2.75, 3.05) is 10.5 Å². The lowest BCUT2D eigenvalue weighted by Gasteiger charge is -2.11. The van der Waals surface area contributed by atoms with Crippen molar-refractivity contribution in [3.8, 4) is 0 Å². The summed E-state index contributed by atoms with van der Waals surface area (Å²) in [7, 11) is -3.58. The first kappa shape index (κ1) is 13.4. The number of nitrogen functional groups attached to an aromatic ring is 1. The lowest BCUT2D eigenvalue weighted by Crippen LogP contribution is -2.14. The van der Waals surface area contributed by atoms with Gasteiger partial charge in [-0.05, 0) is 55.3 Å². The Balaban J connectivity index is 2.38. The maximum atomic E-state index is 12.3. The van der Waals surface area contributed by atoms with E-state index in [-0.39, 0.29) is 4.90 Å². The van der Waals surface area contributed by atoms with Gasteiger partial charge in [0.15, 0.2) is 0 Å². The molecule has 0 radical (unpaired) electrons. The normalized spacial score (nSPS) is 11.3. The topological polar surface area (TPSA) is 72.2 Å². The number of sulfonamides is 1. The fourth-order valence-electron chi connectivity index (χ4n) is 1.89. The van der Waals surface area contributed by atoms with Crippen LogP contribution >= 0.6 is 0 Å². The van der Waals surface area contributed by atoms with Crippen LogP contribution in [0.1, 0.15) is 11.1 Å². The number of rotatable bonds is 3. The average molecular weight is 276 g/mol. The highest BCUT2D eigenvalue weighted by atomic mass is 32.2. The molecule has 0 saturated heterocycles. The summed E-state index contributed by atoms with van der Waals surface area (Å²) < 4.78 is 27.2. The van der Waals surface area contributed by atoms with E-state index in [9.17, 15) is 8.42 Å². The SMILES string of the molecule is Cc1cccc(NS(=O)(=O)c2ccc(N)cc2C)c1. The minimum Gasteiger partial charge on any atom is -0.399 e. The quantitative estimate of drug-likeness (QED) is 0.847.